The highest BCUT2D eigenvalue weighted by Gasteiger charge is 2.12. The minimum atomic E-state index is -1.15. The molecule has 0 unspecified atom stereocenters. The van der Waals surface area contributed by atoms with Crippen LogP contribution in [0.1, 0.15) is 17.4 Å². The Balaban J connectivity index is 2.43. The number of carboxylic acids is 1. The van der Waals surface area contributed by atoms with E-state index in [-0.39, 0.29) is 18.3 Å². The molecule has 98 valence electrons. The molecule has 8 nitrogen and oxygen atoms in total. The summed E-state index contributed by atoms with van der Waals surface area (Å²) in [5.41, 5.74) is -0.142. The number of ether oxygens (including phenoxy) is 1. The zero-order valence-corrected chi connectivity index (χ0v) is 9.87. The lowest BCUT2D eigenvalue weighted by atomic mass is 10.3. The fourth-order valence-electron chi connectivity index (χ4n) is 1.19. The quantitative estimate of drug-likeness (QED) is 0.706. The first-order valence-corrected chi connectivity index (χ1v) is 5.20. The van der Waals surface area contributed by atoms with E-state index < -0.39 is 12.1 Å². The maximum Gasteiger partial charge on any atom is 0.407 e. The molecule has 0 spiro atoms. The minimum Gasteiger partial charge on any atom is -0.476 e. The molecule has 0 aliphatic heterocycles. The molecule has 0 saturated carbocycles. The summed E-state index contributed by atoms with van der Waals surface area (Å²) in [4.78, 5) is 21.8. The van der Waals surface area contributed by atoms with Crippen molar-refractivity contribution in [3.05, 3.63) is 24.5 Å². The second kappa shape index (κ2) is 6.38. The van der Waals surface area contributed by atoms with E-state index in [2.05, 4.69) is 22.2 Å². The van der Waals surface area contributed by atoms with E-state index in [0.29, 0.717) is 6.54 Å². The molecule has 0 saturated heterocycles. The highest BCUT2D eigenvalue weighted by molar-refractivity contribution is 5.84. The van der Waals surface area contributed by atoms with Crippen LogP contribution in [0.3, 0.4) is 0 Å². The predicted molar refractivity (Wildman–Crippen MR) is 61.1 cm³/mol. The van der Waals surface area contributed by atoms with Crippen LogP contribution in [0.25, 0.3) is 0 Å². The molecule has 0 fully saturated rings. The summed E-state index contributed by atoms with van der Waals surface area (Å²) >= 11 is 0. The lowest BCUT2D eigenvalue weighted by Gasteiger charge is -2.12. The number of carbonyl (C=O) groups excluding carboxylic acids is 1. The molecule has 0 bridgehead atoms. The predicted octanol–water partition coefficient (Wildman–Crippen LogP) is 0.277. The molecule has 1 aromatic rings. The number of carboxylic acid groups (broad SMARTS) is 1. The monoisotopic (exact) mass is 254 g/mol. The molecule has 1 atom stereocenters. The van der Waals surface area contributed by atoms with Crippen molar-refractivity contribution in [1.82, 2.24) is 20.3 Å². The highest BCUT2D eigenvalue weighted by atomic mass is 16.5. The summed E-state index contributed by atoms with van der Waals surface area (Å²) in [5, 5.41) is 18.3. The normalized spacial score (nSPS) is 11.6. The summed E-state index contributed by atoms with van der Waals surface area (Å²) in [7, 11) is 0. The lowest BCUT2D eigenvalue weighted by Crippen LogP contribution is -2.36. The van der Waals surface area contributed by atoms with E-state index in [4.69, 9.17) is 9.84 Å². The average Bonchev–Trinajstić information content (AvgIpc) is 2.74. The van der Waals surface area contributed by atoms with Crippen LogP contribution in [-0.4, -0.2) is 44.8 Å². The number of hydrogen-bond donors (Lipinski definition) is 2. The number of nitrogens with one attached hydrogen (secondary N) is 1. The van der Waals surface area contributed by atoms with Gasteiger partial charge in [0.05, 0.1) is 12.7 Å². The number of aromatic nitrogens is 3. The Bertz CT molecular complexity index is 443. The smallest absolute Gasteiger partial charge is 0.407 e. The first-order chi connectivity index (χ1) is 8.52. The Morgan fingerprint density at radius 1 is 1.72 bits per heavy atom. The largest absolute Gasteiger partial charge is 0.476 e. The van der Waals surface area contributed by atoms with Gasteiger partial charge < -0.3 is 15.2 Å². The number of amides is 1. The molecule has 2 N–H and O–H groups in total. The van der Waals surface area contributed by atoms with E-state index in [1.807, 2.05) is 0 Å². The number of carbonyl (C=O) groups is 2. The van der Waals surface area contributed by atoms with Gasteiger partial charge in [-0.15, -0.1) is 5.10 Å². The van der Waals surface area contributed by atoms with Gasteiger partial charge in [-0.2, -0.15) is 0 Å². The molecule has 0 aliphatic rings. The summed E-state index contributed by atoms with van der Waals surface area (Å²) in [6, 6.07) is -0.273. The van der Waals surface area contributed by atoms with Gasteiger partial charge in [-0.05, 0) is 6.92 Å². The van der Waals surface area contributed by atoms with Gasteiger partial charge >= 0.3 is 12.1 Å². The lowest BCUT2D eigenvalue weighted by molar-refractivity contribution is 0.0690. The molecule has 1 heterocycles. The van der Waals surface area contributed by atoms with Crippen molar-refractivity contribution in [2.45, 2.75) is 19.5 Å². The summed E-state index contributed by atoms with van der Waals surface area (Å²) < 4.78 is 6.07. The molecule has 0 aromatic carbocycles. The van der Waals surface area contributed by atoms with Crippen molar-refractivity contribution < 1.29 is 19.4 Å². The fourth-order valence-corrected chi connectivity index (χ4v) is 1.19. The minimum absolute atomic E-state index is 0.130. The molecule has 1 rings (SSSR count). The van der Waals surface area contributed by atoms with Gasteiger partial charge in [-0.1, -0.05) is 17.9 Å². The highest BCUT2D eigenvalue weighted by Crippen LogP contribution is 1.95. The van der Waals surface area contributed by atoms with Crippen LogP contribution < -0.4 is 5.32 Å². The summed E-state index contributed by atoms with van der Waals surface area (Å²) in [6.07, 6.45) is 2.18. The van der Waals surface area contributed by atoms with E-state index in [0.717, 1.165) is 0 Å². The van der Waals surface area contributed by atoms with Crippen LogP contribution in [0.2, 0.25) is 0 Å². The Morgan fingerprint density at radius 2 is 2.44 bits per heavy atom. The van der Waals surface area contributed by atoms with E-state index >= 15 is 0 Å². The van der Waals surface area contributed by atoms with Gasteiger partial charge in [-0.3, -0.25) is 0 Å². The average molecular weight is 254 g/mol. The molecule has 0 radical (unpaired) electrons. The zero-order valence-electron chi connectivity index (χ0n) is 9.87. The molecule has 1 aromatic heterocycles. The molecule has 1 amide bonds. The Labute approximate surface area is 103 Å². The number of aromatic carboxylic acids is 1. The van der Waals surface area contributed by atoms with Crippen LogP contribution in [0.5, 0.6) is 0 Å². The van der Waals surface area contributed by atoms with Crippen LogP contribution in [0.15, 0.2) is 18.9 Å². The van der Waals surface area contributed by atoms with Crippen LogP contribution in [0, 0.1) is 0 Å². The Morgan fingerprint density at radius 3 is 3.00 bits per heavy atom. The topological polar surface area (TPSA) is 106 Å². The second-order valence-electron chi connectivity index (χ2n) is 3.56. The first-order valence-electron chi connectivity index (χ1n) is 5.20. The first kappa shape index (κ1) is 13.7. The molecule has 18 heavy (non-hydrogen) atoms. The zero-order chi connectivity index (χ0) is 13.5. The van der Waals surface area contributed by atoms with Gasteiger partial charge in [0, 0.05) is 6.04 Å². The Hall–Kier alpha value is -2.38. The summed E-state index contributed by atoms with van der Waals surface area (Å²) in [5.74, 6) is -1.15. The van der Waals surface area contributed by atoms with Gasteiger partial charge in [0.15, 0.2) is 5.69 Å². The standard InChI is InChI=1S/C10H14N4O4/c1-3-4-18-10(17)11-7(2)5-14-6-8(9(15)16)12-13-14/h3,6-7H,1,4-5H2,2H3,(H,11,17)(H,15,16)/t7-/m1/s1. The maximum atomic E-state index is 11.2. The third-order valence-electron chi connectivity index (χ3n) is 1.92. The molecule has 8 heteroatoms. The molecular weight excluding hydrogens is 240 g/mol. The van der Waals surface area contributed by atoms with Crippen molar-refractivity contribution in [2.75, 3.05) is 6.61 Å². The van der Waals surface area contributed by atoms with Crippen LogP contribution in [0.4, 0.5) is 4.79 Å². The van der Waals surface area contributed by atoms with Gasteiger partial charge in [0.2, 0.25) is 0 Å². The number of hydrogen-bond acceptors (Lipinski definition) is 5. The van der Waals surface area contributed by atoms with Gasteiger partial charge in [-0.25, -0.2) is 14.3 Å². The fraction of sp³-hybridized carbons (Fsp3) is 0.400. The molecule has 0 aliphatic carbocycles. The number of alkyl carbamates (subject to hydrolysis) is 1. The third kappa shape index (κ3) is 4.24. The van der Waals surface area contributed by atoms with E-state index in [1.54, 1.807) is 6.92 Å². The van der Waals surface area contributed by atoms with Crippen molar-refractivity contribution in [3.8, 4) is 0 Å². The van der Waals surface area contributed by atoms with Crippen LogP contribution in [-0.2, 0) is 11.3 Å². The van der Waals surface area contributed by atoms with Crippen LogP contribution >= 0.6 is 0 Å². The second-order valence-corrected chi connectivity index (χ2v) is 3.56. The van der Waals surface area contributed by atoms with E-state index in [1.165, 1.54) is 17.0 Å². The number of rotatable bonds is 6. The van der Waals surface area contributed by atoms with E-state index in [9.17, 15) is 9.59 Å². The summed E-state index contributed by atoms with van der Waals surface area (Å²) in [6.45, 7) is 5.57. The maximum absolute atomic E-state index is 11.2. The van der Waals surface area contributed by atoms with Crippen molar-refractivity contribution in [2.24, 2.45) is 0 Å². The third-order valence-corrected chi connectivity index (χ3v) is 1.92. The SMILES string of the molecule is C=CCOC(=O)N[C@H](C)Cn1cc(C(=O)O)nn1. The van der Waals surface area contributed by atoms with Crippen molar-refractivity contribution >= 4 is 12.1 Å². The Kier molecular flexibility index (Phi) is 4.85. The van der Waals surface area contributed by atoms with Crippen molar-refractivity contribution in [1.29, 1.82) is 0 Å². The van der Waals surface area contributed by atoms with Crippen molar-refractivity contribution in [3.63, 3.8) is 0 Å². The number of nitrogens with zero attached hydrogens (tertiary/aromatic N) is 3. The van der Waals surface area contributed by atoms with Gasteiger partial charge in [0.1, 0.15) is 6.61 Å². The van der Waals surface area contributed by atoms with Gasteiger partial charge in [0.25, 0.3) is 0 Å². The molecular formula is C10H14N4O4.